The molecule has 0 fully saturated rings. The third-order valence-corrected chi connectivity index (χ3v) is 3.37. The molecule has 2 aromatic carbocycles. The smallest absolute Gasteiger partial charge is 0.260 e. The van der Waals surface area contributed by atoms with Gasteiger partial charge < -0.3 is 9.84 Å². The molecule has 1 aromatic heterocycles. The molecular weight excluding hydrogens is 304 g/mol. The molecule has 6 nitrogen and oxygen atoms in total. The number of carbonyl (C=O) groups is 1. The summed E-state index contributed by atoms with van der Waals surface area (Å²) in [4.78, 5) is 16.1. The number of amides is 1. The predicted octanol–water partition coefficient (Wildman–Crippen LogP) is 3.56. The van der Waals surface area contributed by atoms with Gasteiger partial charge in [0.2, 0.25) is 11.7 Å². The minimum atomic E-state index is -0.386. The minimum Gasteiger partial charge on any atom is -0.334 e. The van der Waals surface area contributed by atoms with E-state index in [2.05, 4.69) is 15.5 Å². The third kappa shape index (κ3) is 3.31. The van der Waals surface area contributed by atoms with Crippen molar-refractivity contribution in [2.75, 3.05) is 5.32 Å². The first-order valence-corrected chi connectivity index (χ1v) is 7.34. The molecule has 118 valence electrons. The van der Waals surface area contributed by atoms with Gasteiger partial charge in [-0.05, 0) is 25.1 Å². The summed E-state index contributed by atoms with van der Waals surface area (Å²) in [5, 5.41) is 15.3. The van der Waals surface area contributed by atoms with Crippen molar-refractivity contribution in [3.8, 4) is 28.9 Å². The molecule has 0 unspecified atom stereocenters. The molecule has 3 aromatic rings. The van der Waals surface area contributed by atoms with Gasteiger partial charge >= 0.3 is 0 Å². The molecule has 0 saturated carbocycles. The number of nitrogens with one attached hydrogen (secondary N) is 1. The molecule has 1 heterocycles. The van der Waals surface area contributed by atoms with Crippen molar-refractivity contribution >= 4 is 11.6 Å². The lowest BCUT2D eigenvalue weighted by Crippen LogP contribution is -2.10. The van der Waals surface area contributed by atoms with E-state index in [1.807, 2.05) is 43.3 Å². The number of hydrogen-bond acceptors (Lipinski definition) is 5. The molecule has 24 heavy (non-hydrogen) atoms. The van der Waals surface area contributed by atoms with Crippen LogP contribution in [0.2, 0.25) is 0 Å². The lowest BCUT2D eigenvalue weighted by atomic mass is 10.1. The summed E-state index contributed by atoms with van der Waals surface area (Å²) in [7, 11) is 0. The molecule has 0 aliphatic heterocycles. The van der Waals surface area contributed by atoms with Gasteiger partial charge in [0, 0.05) is 5.56 Å². The Kier molecular flexibility index (Phi) is 4.34. The van der Waals surface area contributed by atoms with Gasteiger partial charge in [0.05, 0.1) is 17.3 Å². The summed E-state index contributed by atoms with van der Waals surface area (Å²) in [6.45, 7) is 1.99. The molecule has 1 N–H and O–H groups in total. The Morgan fingerprint density at radius 2 is 2.08 bits per heavy atom. The second kappa shape index (κ2) is 6.75. The second-order valence-electron chi connectivity index (χ2n) is 5.22. The van der Waals surface area contributed by atoms with Crippen molar-refractivity contribution < 1.29 is 9.32 Å². The molecule has 0 aliphatic rings. The van der Waals surface area contributed by atoms with E-state index in [0.717, 1.165) is 11.1 Å². The van der Waals surface area contributed by atoms with E-state index in [1.54, 1.807) is 18.2 Å². The fourth-order valence-corrected chi connectivity index (χ4v) is 2.28. The molecule has 1 amide bonds. The number of para-hydroxylation sites is 1. The number of rotatable bonds is 4. The number of nitrogens with zero attached hydrogens (tertiary/aromatic N) is 3. The molecule has 6 heteroatoms. The van der Waals surface area contributed by atoms with Gasteiger partial charge in [-0.2, -0.15) is 10.2 Å². The van der Waals surface area contributed by atoms with Crippen LogP contribution >= 0.6 is 0 Å². The highest BCUT2D eigenvalue weighted by Crippen LogP contribution is 2.28. The summed E-state index contributed by atoms with van der Waals surface area (Å²) in [5.74, 6) is 0.398. The van der Waals surface area contributed by atoms with Gasteiger partial charge in [-0.25, -0.2) is 0 Å². The van der Waals surface area contributed by atoms with Crippen LogP contribution in [0, 0.1) is 18.3 Å². The van der Waals surface area contributed by atoms with E-state index in [9.17, 15) is 4.79 Å². The Bertz CT molecular complexity index is 925. The predicted molar refractivity (Wildman–Crippen MR) is 88.8 cm³/mol. The van der Waals surface area contributed by atoms with E-state index >= 15 is 0 Å². The molecule has 3 rings (SSSR count). The summed E-state index contributed by atoms with van der Waals surface area (Å²) < 4.78 is 5.35. The molecule has 0 bridgehead atoms. The summed E-state index contributed by atoms with van der Waals surface area (Å²) >= 11 is 0. The Balaban J connectivity index is 1.93. The van der Waals surface area contributed by atoms with Crippen LogP contribution in [0.5, 0.6) is 0 Å². The van der Waals surface area contributed by atoms with Crippen molar-refractivity contribution in [1.82, 2.24) is 10.1 Å². The van der Waals surface area contributed by atoms with E-state index in [0.29, 0.717) is 23.0 Å². The highest BCUT2D eigenvalue weighted by atomic mass is 16.5. The van der Waals surface area contributed by atoms with E-state index in [1.165, 1.54) is 0 Å². The topological polar surface area (TPSA) is 91.8 Å². The molecule has 0 saturated heterocycles. The summed E-state index contributed by atoms with van der Waals surface area (Å²) in [5.41, 5.74) is 3.09. The number of aromatic nitrogens is 2. The number of carbonyl (C=O) groups excluding carboxylic acids is 1. The van der Waals surface area contributed by atoms with Gasteiger partial charge in [-0.15, -0.1) is 0 Å². The SMILES string of the molecule is Cc1cccc(-c2noc(-c3ccccc3NC(=O)CC#N)n2)c1. The molecule has 0 aliphatic carbocycles. The Morgan fingerprint density at radius 1 is 1.25 bits per heavy atom. The number of benzene rings is 2. The molecule has 0 radical (unpaired) electrons. The Morgan fingerprint density at radius 3 is 2.88 bits per heavy atom. The highest BCUT2D eigenvalue weighted by Gasteiger charge is 2.15. The largest absolute Gasteiger partial charge is 0.334 e. The average Bonchev–Trinajstić information content (AvgIpc) is 3.05. The lowest BCUT2D eigenvalue weighted by molar-refractivity contribution is -0.115. The van der Waals surface area contributed by atoms with E-state index in [-0.39, 0.29) is 12.3 Å². The van der Waals surface area contributed by atoms with Gasteiger partial charge in [0.1, 0.15) is 6.42 Å². The van der Waals surface area contributed by atoms with E-state index < -0.39 is 0 Å². The third-order valence-electron chi connectivity index (χ3n) is 3.37. The number of aryl methyl sites for hydroxylation is 1. The zero-order chi connectivity index (χ0) is 16.9. The molecular formula is C18H14N4O2. The van der Waals surface area contributed by atoms with Crippen molar-refractivity contribution in [1.29, 1.82) is 5.26 Å². The Labute approximate surface area is 138 Å². The average molecular weight is 318 g/mol. The standard InChI is InChI=1S/C18H14N4O2/c1-12-5-4-6-13(11-12)17-21-18(24-22-17)14-7-2-3-8-15(14)20-16(23)9-10-19/h2-8,11H,9H2,1H3,(H,20,23). The maximum absolute atomic E-state index is 11.7. The first-order valence-electron chi connectivity index (χ1n) is 7.34. The number of hydrogen-bond donors (Lipinski definition) is 1. The van der Waals surface area contributed by atoms with Crippen molar-refractivity contribution in [3.63, 3.8) is 0 Å². The van der Waals surface area contributed by atoms with Crippen LogP contribution < -0.4 is 5.32 Å². The lowest BCUT2D eigenvalue weighted by Gasteiger charge is -2.06. The monoisotopic (exact) mass is 318 g/mol. The van der Waals surface area contributed by atoms with Crippen LogP contribution in [0.3, 0.4) is 0 Å². The fraction of sp³-hybridized carbons (Fsp3) is 0.111. The first kappa shape index (κ1) is 15.4. The van der Waals surface area contributed by atoms with Crippen LogP contribution in [0.4, 0.5) is 5.69 Å². The molecule has 0 atom stereocenters. The van der Waals surface area contributed by atoms with Crippen LogP contribution in [-0.4, -0.2) is 16.0 Å². The van der Waals surface area contributed by atoms with Gasteiger partial charge in [0.25, 0.3) is 5.89 Å². The van der Waals surface area contributed by atoms with E-state index in [4.69, 9.17) is 9.78 Å². The van der Waals surface area contributed by atoms with Gasteiger partial charge in [0.15, 0.2) is 0 Å². The maximum atomic E-state index is 11.7. The second-order valence-corrected chi connectivity index (χ2v) is 5.22. The quantitative estimate of drug-likeness (QED) is 0.794. The number of nitriles is 1. The highest BCUT2D eigenvalue weighted by molar-refractivity contribution is 5.95. The van der Waals surface area contributed by atoms with Gasteiger partial charge in [-0.1, -0.05) is 41.1 Å². The van der Waals surface area contributed by atoms with Crippen molar-refractivity contribution in [3.05, 3.63) is 54.1 Å². The molecule has 0 spiro atoms. The number of anilines is 1. The summed E-state index contributed by atoms with van der Waals surface area (Å²) in [6.07, 6.45) is -0.216. The zero-order valence-corrected chi connectivity index (χ0v) is 13.0. The minimum absolute atomic E-state index is 0.216. The summed E-state index contributed by atoms with van der Waals surface area (Å²) in [6, 6.07) is 16.7. The zero-order valence-electron chi connectivity index (χ0n) is 13.0. The maximum Gasteiger partial charge on any atom is 0.260 e. The first-order chi connectivity index (χ1) is 11.7. The van der Waals surface area contributed by atoms with Crippen LogP contribution in [0.25, 0.3) is 22.8 Å². The fourth-order valence-electron chi connectivity index (χ4n) is 2.28. The van der Waals surface area contributed by atoms with Crippen LogP contribution in [-0.2, 0) is 4.79 Å². The van der Waals surface area contributed by atoms with Crippen molar-refractivity contribution in [2.24, 2.45) is 0 Å². The van der Waals surface area contributed by atoms with Crippen LogP contribution in [0.1, 0.15) is 12.0 Å². The van der Waals surface area contributed by atoms with Gasteiger partial charge in [-0.3, -0.25) is 4.79 Å². The van der Waals surface area contributed by atoms with Crippen LogP contribution in [0.15, 0.2) is 53.1 Å². The normalized spacial score (nSPS) is 10.2. The van der Waals surface area contributed by atoms with Crippen molar-refractivity contribution in [2.45, 2.75) is 13.3 Å². The Hall–Kier alpha value is -3.46.